The summed E-state index contributed by atoms with van der Waals surface area (Å²) in [6.45, 7) is 4.05. The number of benzene rings is 1. The molecule has 0 bridgehead atoms. The van der Waals surface area contributed by atoms with Gasteiger partial charge in [-0.05, 0) is 30.5 Å². The van der Waals surface area contributed by atoms with Crippen LogP contribution in [-0.4, -0.2) is 24.2 Å². The fourth-order valence-electron chi connectivity index (χ4n) is 1.79. The number of ketones is 1. The highest BCUT2D eigenvalue weighted by molar-refractivity contribution is 6.27. The van der Waals surface area contributed by atoms with Gasteiger partial charge in [0.1, 0.15) is 0 Å². The molecule has 0 aliphatic heterocycles. The summed E-state index contributed by atoms with van der Waals surface area (Å²) in [5.41, 5.74) is 2.72. The molecule has 1 rings (SSSR count). The van der Waals surface area contributed by atoms with Crippen molar-refractivity contribution < 1.29 is 14.3 Å². The zero-order valence-corrected chi connectivity index (χ0v) is 11.4. The molecule has 0 aliphatic rings. The molecular weight excluding hydrogens is 252 g/mol. The van der Waals surface area contributed by atoms with E-state index in [9.17, 15) is 9.59 Å². The molecule has 0 heterocycles. The van der Waals surface area contributed by atoms with Gasteiger partial charge in [0.15, 0.2) is 5.78 Å². The molecule has 0 unspecified atom stereocenters. The van der Waals surface area contributed by atoms with Gasteiger partial charge in [-0.1, -0.05) is 18.2 Å². The molecule has 0 atom stereocenters. The molecule has 0 aliphatic carbocycles. The number of aryl methyl sites for hydroxylation is 1. The van der Waals surface area contributed by atoms with Crippen LogP contribution in [0.25, 0.3) is 0 Å². The number of ether oxygens (including phenoxy) is 1. The maximum atomic E-state index is 11.5. The Hall–Kier alpha value is -1.35. The van der Waals surface area contributed by atoms with Crippen LogP contribution in [-0.2, 0) is 27.2 Å². The predicted octanol–water partition coefficient (Wildman–Crippen LogP) is 2.45. The standard InChI is InChI=1S/C14H17ClO3/c1-3-18-14(17)7-11-6-4-5-10(2)13(11)8-12(16)9-15/h4-6H,3,7-9H2,1-2H3. The average Bonchev–Trinajstić information content (AvgIpc) is 2.33. The summed E-state index contributed by atoms with van der Waals surface area (Å²) in [5.74, 6) is -0.327. The lowest BCUT2D eigenvalue weighted by Crippen LogP contribution is -2.13. The van der Waals surface area contributed by atoms with Crippen molar-refractivity contribution in [1.82, 2.24) is 0 Å². The summed E-state index contributed by atoms with van der Waals surface area (Å²) < 4.78 is 4.92. The Kier molecular flexibility index (Phi) is 5.86. The van der Waals surface area contributed by atoms with Gasteiger partial charge >= 0.3 is 5.97 Å². The second kappa shape index (κ2) is 7.17. The van der Waals surface area contributed by atoms with Crippen LogP contribution in [0.1, 0.15) is 23.6 Å². The first-order valence-corrected chi connectivity index (χ1v) is 6.42. The molecule has 1 aromatic carbocycles. The zero-order chi connectivity index (χ0) is 13.5. The van der Waals surface area contributed by atoms with Gasteiger partial charge in [0.25, 0.3) is 0 Å². The van der Waals surface area contributed by atoms with E-state index < -0.39 is 0 Å². The summed E-state index contributed by atoms with van der Waals surface area (Å²) in [7, 11) is 0. The van der Waals surface area contributed by atoms with Crippen molar-refractivity contribution in [3.8, 4) is 0 Å². The van der Waals surface area contributed by atoms with E-state index in [-0.39, 0.29) is 30.5 Å². The maximum Gasteiger partial charge on any atom is 0.310 e. The molecule has 1 aromatic rings. The average molecular weight is 269 g/mol. The number of halogens is 1. The second-order valence-corrected chi connectivity index (χ2v) is 4.31. The summed E-state index contributed by atoms with van der Waals surface area (Å²) in [4.78, 5) is 22.9. The molecule has 3 nitrogen and oxygen atoms in total. The highest BCUT2D eigenvalue weighted by Crippen LogP contribution is 2.17. The Morgan fingerprint density at radius 2 is 2.00 bits per heavy atom. The summed E-state index contributed by atoms with van der Waals surface area (Å²) in [5, 5.41) is 0. The van der Waals surface area contributed by atoms with Gasteiger partial charge in [-0.3, -0.25) is 9.59 Å². The Bertz CT molecular complexity index is 441. The number of hydrogen-bond donors (Lipinski definition) is 0. The van der Waals surface area contributed by atoms with Crippen molar-refractivity contribution in [2.45, 2.75) is 26.7 Å². The first kappa shape index (κ1) is 14.7. The van der Waals surface area contributed by atoms with Gasteiger partial charge < -0.3 is 4.74 Å². The van der Waals surface area contributed by atoms with Crippen molar-refractivity contribution in [1.29, 1.82) is 0 Å². The number of rotatable bonds is 6. The predicted molar refractivity (Wildman–Crippen MR) is 70.9 cm³/mol. The fourth-order valence-corrected chi connectivity index (χ4v) is 1.89. The van der Waals surface area contributed by atoms with Crippen molar-refractivity contribution in [2.75, 3.05) is 12.5 Å². The molecule has 0 amide bonds. The van der Waals surface area contributed by atoms with E-state index in [4.69, 9.17) is 16.3 Å². The normalized spacial score (nSPS) is 10.2. The van der Waals surface area contributed by atoms with Gasteiger partial charge in [0.2, 0.25) is 0 Å². The number of carbonyl (C=O) groups is 2. The molecule has 0 aromatic heterocycles. The van der Waals surface area contributed by atoms with E-state index >= 15 is 0 Å². The number of esters is 1. The molecule has 18 heavy (non-hydrogen) atoms. The van der Waals surface area contributed by atoms with E-state index in [1.165, 1.54) is 0 Å². The summed E-state index contributed by atoms with van der Waals surface area (Å²) in [6.07, 6.45) is 0.464. The van der Waals surface area contributed by atoms with E-state index in [0.717, 1.165) is 16.7 Å². The first-order valence-electron chi connectivity index (χ1n) is 5.89. The van der Waals surface area contributed by atoms with Crippen LogP contribution in [0.15, 0.2) is 18.2 Å². The molecule has 4 heteroatoms. The van der Waals surface area contributed by atoms with Crippen LogP contribution < -0.4 is 0 Å². The van der Waals surface area contributed by atoms with Gasteiger partial charge in [-0.25, -0.2) is 0 Å². The van der Waals surface area contributed by atoms with Crippen molar-refractivity contribution in [2.24, 2.45) is 0 Å². The molecular formula is C14H17ClO3. The highest BCUT2D eigenvalue weighted by Gasteiger charge is 2.13. The molecule has 0 fully saturated rings. The zero-order valence-electron chi connectivity index (χ0n) is 10.7. The van der Waals surface area contributed by atoms with Crippen molar-refractivity contribution in [3.63, 3.8) is 0 Å². The number of hydrogen-bond acceptors (Lipinski definition) is 3. The van der Waals surface area contributed by atoms with Crippen molar-refractivity contribution in [3.05, 3.63) is 34.9 Å². The molecule has 0 spiro atoms. The molecule has 0 saturated heterocycles. The third kappa shape index (κ3) is 4.15. The Morgan fingerprint density at radius 3 is 2.61 bits per heavy atom. The molecule has 0 saturated carbocycles. The van der Waals surface area contributed by atoms with E-state index in [1.54, 1.807) is 6.92 Å². The lowest BCUT2D eigenvalue weighted by molar-refractivity contribution is -0.142. The largest absolute Gasteiger partial charge is 0.466 e. The van der Waals surface area contributed by atoms with Crippen LogP contribution >= 0.6 is 11.6 Å². The van der Waals surface area contributed by atoms with Gasteiger partial charge in [-0.2, -0.15) is 0 Å². The quantitative estimate of drug-likeness (QED) is 0.588. The Labute approximate surface area is 112 Å². The van der Waals surface area contributed by atoms with Crippen LogP contribution in [0, 0.1) is 6.92 Å². The fraction of sp³-hybridized carbons (Fsp3) is 0.429. The van der Waals surface area contributed by atoms with Crippen LogP contribution in [0.3, 0.4) is 0 Å². The molecule has 98 valence electrons. The van der Waals surface area contributed by atoms with E-state index in [1.807, 2.05) is 25.1 Å². The van der Waals surface area contributed by atoms with Crippen LogP contribution in [0.2, 0.25) is 0 Å². The van der Waals surface area contributed by atoms with Crippen molar-refractivity contribution >= 4 is 23.4 Å². The van der Waals surface area contributed by atoms with E-state index in [2.05, 4.69) is 0 Å². The lowest BCUT2D eigenvalue weighted by atomic mass is 9.96. The van der Waals surface area contributed by atoms with Gasteiger partial charge in [0.05, 0.1) is 18.9 Å². The number of alkyl halides is 1. The van der Waals surface area contributed by atoms with Gasteiger partial charge in [-0.15, -0.1) is 11.6 Å². The minimum atomic E-state index is -0.275. The minimum absolute atomic E-state index is 0.00677. The maximum absolute atomic E-state index is 11.5. The van der Waals surface area contributed by atoms with Crippen LogP contribution in [0.5, 0.6) is 0 Å². The number of Topliss-reactive ketones (excluding diaryl/α,β-unsaturated/α-hetero) is 1. The Morgan fingerprint density at radius 1 is 1.28 bits per heavy atom. The summed E-state index contributed by atoms with van der Waals surface area (Å²) in [6, 6.07) is 5.64. The topological polar surface area (TPSA) is 43.4 Å². The third-order valence-corrected chi connectivity index (χ3v) is 2.97. The first-order chi connectivity index (χ1) is 8.58. The smallest absolute Gasteiger partial charge is 0.310 e. The summed E-state index contributed by atoms with van der Waals surface area (Å²) >= 11 is 5.52. The Balaban J connectivity index is 2.93. The molecule has 0 radical (unpaired) electrons. The number of carbonyl (C=O) groups excluding carboxylic acids is 2. The minimum Gasteiger partial charge on any atom is -0.466 e. The monoisotopic (exact) mass is 268 g/mol. The lowest BCUT2D eigenvalue weighted by Gasteiger charge is -2.11. The highest BCUT2D eigenvalue weighted by atomic mass is 35.5. The second-order valence-electron chi connectivity index (χ2n) is 4.04. The molecule has 0 N–H and O–H groups in total. The van der Waals surface area contributed by atoms with Crippen LogP contribution in [0.4, 0.5) is 0 Å². The van der Waals surface area contributed by atoms with Gasteiger partial charge in [0, 0.05) is 6.42 Å². The SMILES string of the molecule is CCOC(=O)Cc1cccc(C)c1CC(=O)CCl. The third-order valence-electron chi connectivity index (χ3n) is 2.67. The van der Waals surface area contributed by atoms with E-state index in [0.29, 0.717) is 6.61 Å².